The SMILES string of the molecule is CC[C@H](C)C(NC(=O)[C@@H](CC(=O)[C@@H]1CSSC[C@H](NC(=O)[C@@H](CCC(=O)O)CC(=O)[C@H](Cc2ccc(O)cc2)NC(C)C)C(=O)N2C[C@H](O)C[C@H]2C(=O)C[C@@H](Cc2ccc(O)c(Cl)c2)C(=O)NCC(=O)C[C@@H](CC(C)C)C(=O)N1)Cc1ccc(O)cc1)C(=O)C[C@@H](CCC(C)=O)C(=O)C(C)C. The van der Waals surface area contributed by atoms with Crippen LogP contribution in [-0.2, 0) is 81.6 Å². The van der Waals surface area contributed by atoms with Crippen molar-refractivity contribution in [3.63, 3.8) is 0 Å². The monoisotopic (exact) mass is 1460 g/mol. The van der Waals surface area contributed by atoms with Crippen molar-refractivity contribution in [2.24, 2.45) is 47.3 Å². The number of nitrogens with zero attached hydrogens (tertiary/aromatic N) is 1. The van der Waals surface area contributed by atoms with E-state index in [1.54, 1.807) is 45.0 Å². The van der Waals surface area contributed by atoms with Gasteiger partial charge in [-0.25, -0.2) is 0 Å². The zero-order chi connectivity index (χ0) is 74.9. The van der Waals surface area contributed by atoms with Gasteiger partial charge in [0.15, 0.2) is 28.9 Å². The Balaban J connectivity index is 1.60. The number of phenolic OH excluding ortho intramolecular Hbond substituents is 3. The van der Waals surface area contributed by atoms with Crippen molar-refractivity contribution >= 4 is 109 Å². The Morgan fingerprint density at radius 1 is 0.703 bits per heavy atom. The number of fused-ring (bicyclic) bond motifs is 1. The van der Waals surface area contributed by atoms with Crippen molar-refractivity contribution in [2.45, 2.75) is 201 Å². The van der Waals surface area contributed by atoms with E-state index < -0.39 is 187 Å². The van der Waals surface area contributed by atoms with E-state index in [9.17, 15) is 78.3 Å². The zero-order valence-corrected chi connectivity index (χ0v) is 61.5. The van der Waals surface area contributed by atoms with Gasteiger partial charge < -0.3 is 61.8 Å². The summed E-state index contributed by atoms with van der Waals surface area (Å²) in [6.07, 6.45) is -4.33. The average Bonchev–Trinajstić information content (AvgIpc) is 1.70. The third-order valence-electron chi connectivity index (χ3n) is 18.4. The molecule has 0 spiro atoms. The van der Waals surface area contributed by atoms with E-state index in [0.29, 0.717) is 23.1 Å². The zero-order valence-electron chi connectivity index (χ0n) is 59.1. The maximum absolute atomic E-state index is 15.3. The highest BCUT2D eigenvalue weighted by Gasteiger charge is 2.44. The predicted molar refractivity (Wildman–Crippen MR) is 383 cm³/mol. The molecular weight excluding hydrogens is 1360 g/mol. The summed E-state index contributed by atoms with van der Waals surface area (Å²) in [7, 11) is 1.91. The molecule has 3 aromatic rings. The minimum absolute atomic E-state index is 0.00522. The van der Waals surface area contributed by atoms with Gasteiger partial charge in [0.25, 0.3) is 0 Å². The Bertz CT molecular complexity index is 3410. The second-order valence-corrected chi connectivity index (χ2v) is 31.0. The smallest absolute Gasteiger partial charge is 0.303 e. The fourth-order valence-corrected chi connectivity index (χ4v) is 15.2. The van der Waals surface area contributed by atoms with Crippen molar-refractivity contribution in [2.75, 3.05) is 24.6 Å². The molecule has 2 aliphatic heterocycles. The first kappa shape index (κ1) is 84.1. The molecule has 2 aliphatic rings. The largest absolute Gasteiger partial charge is 0.508 e. The molecule has 5 rings (SSSR count). The molecule has 0 aliphatic carbocycles. The number of aromatic hydroxyl groups is 3. The summed E-state index contributed by atoms with van der Waals surface area (Å²) in [5, 5.41) is 65.9. The van der Waals surface area contributed by atoms with Gasteiger partial charge in [0, 0.05) is 111 Å². The summed E-state index contributed by atoms with van der Waals surface area (Å²) < 4.78 is 0. The number of carboxylic acid groups (broad SMARTS) is 1. The Labute approximate surface area is 604 Å². The quantitative estimate of drug-likeness (QED) is 0.0269. The van der Waals surface area contributed by atoms with E-state index in [1.165, 1.54) is 49.4 Å². The van der Waals surface area contributed by atoms with Crippen LogP contribution < -0.4 is 26.6 Å². The third-order valence-corrected chi connectivity index (χ3v) is 21.1. The molecule has 2 heterocycles. The Hall–Kier alpha value is -7.52. The number of ketones is 7. The second-order valence-electron chi connectivity index (χ2n) is 28.1. The number of aliphatic hydroxyl groups is 1. The van der Waals surface area contributed by atoms with Crippen LogP contribution in [0.5, 0.6) is 17.2 Å². The van der Waals surface area contributed by atoms with E-state index in [4.69, 9.17) is 11.6 Å². The normalized spacial score (nSPS) is 20.9. The van der Waals surface area contributed by atoms with Gasteiger partial charge in [-0.2, -0.15) is 0 Å². The van der Waals surface area contributed by atoms with Gasteiger partial charge in [0.2, 0.25) is 29.5 Å². The molecule has 0 radical (unpaired) electrons. The van der Waals surface area contributed by atoms with E-state index in [1.807, 2.05) is 34.6 Å². The number of aliphatic carboxylic acids is 1. The van der Waals surface area contributed by atoms with Crippen LogP contribution in [0.2, 0.25) is 5.02 Å². The third kappa shape index (κ3) is 27.6. The Morgan fingerprint density at radius 2 is 1.31 bits per heavy atom. The van der Waals surface area contributed by atoms with E-state index >= 15 is 9.59 Å². The number of halogens is 1. The lowest BCUT2D eigenvalue weighted by atomic mass is 9.83. The second kappa shape index (κ2) is 40.9. The van der Waals surface area contributed by atoms with Crippen LogP contribution in [0.15, 0.2) is 66.7 Å². The fourth-order valence-electron chi connectivity index (χ4n) is 12.6. The van der Waals surface area contributed by atoms with Crippen molar-refractivity contribution in [3.05, 3.63) is 88.4 Å². The summed E-state index contributed by atoms with van der Waals surface area (Å²) in [6, 6.07) is 9.46. The number of aliphatic hydroxyl groups excluding tert-OH is 1. The molecule has 3 aromatic carbocycles. The summed E-state index contributed by atoms with van der Waals surface area (Å²) in [5.41, 5.74) is 1.56. The molecule has 24 nitrogen and oxygen atoms in total. The number of rotatable bonds is 33. The predicted octanol–water partition coefficient (Wildman–Crippen LogP) is 7.21. The molecule has 1 unspecified atom stereocenters. The number of Topliss-reactive ketones (excluding diaryl/α,β-unsaturated/α-hetero) is 7. The maximum atomic E-state index is 15.3. The standard InChI is InChI=1S/C74H101ClN6O18S2/c1-10-43(8)68(66(91)31-48(17-11-44(9)82)69(94)41(4)5)80-73(98)52(26-45-12-19-53(83)20-13-45)33-64(89)59-38-100-101-39-60(79-71(96)49(18-24-67(92)93)32-63(88)58(77-42(6)7)29-46-14-21-54(84)22-15-46)74(99)81-37-56(86)35-61(81)65(90)34-51(27-47-16-23-62(87)57(75)28-47)70(95)76-36-55(85)30-50(25-40(2)3)72(97)78-59/h12-16,19-23,28,40-43,48-52,56,58-61,68,77,83-84,86-87H,10-11,17-18,24-27,29-39H2,1-9H3,(H,76,95)(H,78,97)(H,79,96)(H,80,98)(H,92,93)/t43-,48+,49-,50+,51+,52+,56+,58-,59-,60-,61-,68?/m0/s1. The molecule has 2 saturated heterocycles. The number of hydrogen-bond donors (Lipinski definition) is 10. The minimum atomic E-state index is -1.61. The number of benzene rings is 3. The highest BCUT2D eigenvalue weighted by atomic mass is 35.5. The van der Waals surface area contributed by atoms with Crippen LogP contribution in [0.25, 0.3) is 0 Å². The molecule has 5 amide bonds. The number of carbonyl (C=O) groups is 13. The van der Waals surface area contributed by atoms with E-state index in [-0.39, 0.29) is 115 Å². The van der Waals surface area contributed by atoms with Crippen molar-refractivity contribution < 1.29 is 87.9 Å². The van der Waals surface area contributed by atoms with Crippen LogP contribution in [-0.4, -0.2) is 173 Å². The van der Waals surface area contributed by atoms with Crippen molar-refractivity contribution in [3.8, 4) is 17.2 Å². The van der Waals surface area contributed by atoms with Gasteiger partial charge in [-0.05, 0) is 110 Å². The molecule has 10 N–H and O–H groups in total. The van der Waals surface area contributed by atoms with Gasteiger partial charge in [-0.3, -0.25) is 57.5 Å². The average molecular weight is 1460 g/mol. The van der Waals surface area contributed by atoms with Crippen LogP contribution in [0.3, 0.4) is 0 Å². The van der Waals surface area contributed by atoms with Gasteiger partial charge in [-0.15, -0.1) is 0 Å². The van der Waals surface area contributed by atoms with Crippen LogP contribution in [0, 0.1) is 47.3 Å². The fraction of sp³-hybridized carbons (Fsp3) is 0.581. The highest BCUT2D eigenvalue weighted by molar-refractivity contribution is 8.76. The Morgan fingerprint density at radius 3 is 1.89 bits per heavy atom. The van der Waals surface area contributed by atoms with Crippen LogP contribution in [0.1, 0.15) is 156 Å². The summed E-state index contributed by atoms with van der Waals surface area (Å²) in [6.45, 7) is 14.6. The number of carbonyl (C=O) groups excluding carboxylic acids is 12. The van der Waals surface area contributed by atoms with Crippen LogP contribution >= 0.6 is 33.2 Å². The molecule has 554 valence electrons. The molecule has 0 bridgehead atoms. The lowest BCUT2D eigenvalue weighted by molar-refractivity contribution is -0.142. The number of hydrogen-bond acceptors (Lipinski definition) is 20. The summed E-state index contributed by atoms with van der Waals surface area (Å²) in [5.74, 6) is -16.5. The molecule has 12 atom stereocenters. The minimum Gasteiger partial charge on any atom is -0.508 e. The molecule has 0 saturated carbocycles. The number of nitrogens with one attached hydrogen (secondary N) is 5. The summed E-state index contributed by atoms with van der Waals surface area (Å²) in [4.78, 5) is 186. The first-order valence-electron chi connectivity index (χ1n) is 34.7. The maximum Gasteiger partial charge on any atom is 0.303 e. The number of carboxylic acids is 1. The molecule has 2 fully saturated rings. The topological polar surface area (TPSA) is 386 Å². The number of amides is 5. The van der Waals surface area contributed by atoms with Gasteiger partial charge in [0.1, 0.15) is 34.9 Å². The molecule has 0 aromatic heterocycles. The van der Waals surface area contributed by atoms with Gasteiger partial charge in [-0.1, -0.05) is 125 Å². The molecule has 101 heavy (non-hydrogen) atoms. The number of phenols is 3. The lowest BCUT2D eigenvalue weighted by Crippen LogP contribution is -2.54. The molecular formula is C74H101ClN6O18S2. The van der Waals surface area contributed by atoms with Gasteiger partial charge in [0.05, 0.1) is 41.8 Å². The van der Waals surface area contributed by atoms with E-state index in [0.717, 1.165) is 26.5 Å². The molecule has 27 heteroatoms. The lowest BCUT2D eigenvalue weighted by Gasteiger charge is -2.30. The first-order valence-corrected chi connectivity index (χ1v) is 37.6. The first-order chi connectivity index (χ1) is 47.6. The van der Waals surface area contributed by atoms with Gasteiger partial charge >= 0.3 is 5.97 Å². The van der Waals surface area contributed by atoms with Crippen molar-refractivity contribution in [1.82, 2.24) is 31.5 Å². The van der Waals surface area contributed by atoms with Crippen molar-refractivity contribution in [1.29, 1.82) is 0 Å². The summed E-state index contributed by atoms with van der Waals surface area (Å²) >= 11 is 6.28. The Kier molecular flexibility index (Phi) is 34.1. The highest BCUT2D eigenvalue weighted by Crippen LogP contribution is 2.32. The van der Waals surface area contributed by atoms with E-state index in [2.05, 4.69) is 26.6 Å². The van der Waals surface area contributed by atoms with Crippen LogP contribution in [0.4, 0.5) is 0 Å².